The summed E-state index contributed by atoms with van der Waals surface area (Å²) in [5.41, 5.74) is 1.09. The van der Waals surface area contributed by atoms with Crippen LogP contribution in [0.1, 0.15) is 0 Å². The van der Waals surface area contributed by atoms with Gasteiger partial charge in [0.25, 0.3) is 0 Å². The maximum Gasteiger partial charge on any atom is 0.146 e. The van der Waals surface area contributed by atoms with Gasteiger partial charge in [0.2, 0.25) is 0 Å². The van der Waals surface area contributed by atoms with Crippen molar-refractivity contribution in [1.82, 2.24) is 0 Å². The van der Waals surface area contributed by atoms with Gasteiger partial charge in [0.15, 0.2) is 0 Å². The molecule has 0 unspecified atom stereocenters. The highest BCUT2D eigenvalue weighted by Crippen LogP contribution is 2.35. The third kappa shape index (κ3) is 5.41. The fraction of sp³-hybridized carbons (Fsp3) is 0.600. The quantitative estimate of drug-likeness (QED) is 0.880. The number of methoxy groups -OCH3 is 3. The predicted octanol–water partition coefficient (Wildman–Crippen LogP) is 1.16. The van der Waals surface area contributed by atoms with Gasteiger partial charge >= 0.3 is 0 Å². The normalized spacial score (nSPS) is 16.4. The highest BCUT2D eigenvalue weighted by molar-refractivity contribution is 5.62. The Balaban J connectivity index is 0.000000383. The average molecular weight is 299 g/mol. The maximum atomic E-state index is 7.94. The molecule has 0 bridgehead atoms. The molecule has 0 aromatic heterocycles. The first-order chi connectivity index (χ1) is 10.2. The lowest BCUT2D eigenvalue weighted by atomic mass is 10.2. The van der Waals surface area contributed by atoms with Crippen LogP contribution in [0, 0.1) is 0 Å². The lowest BCUT2D eigenvalue weighted by Crippen LogP contribution is -2.40. The van der Waals surface area contributed by atoms with Crippen LogP contribution in [0.2, 0.25) is 0 Å². The Bertz CT molecular complexity index is 411. The fourth-order valence-electron chi connectivity index (χ4n) is 2.02. The number of rotatable bonds is 5. The lowest BCUT2D eigenvalue weighted by Gasteiger charge is -2.33. The van der Waals surface area contributed by atoms with E-state index in [2.05, 4.69) is 16.7 Å². The number of nitrogens with zero attached hydrogens (tertiary/aromatic N) is 1. The van der Waals surface area contributed by atoms with Crippen LogP contribution in [0.5, 0.6) is 11.5 Å². The Kier molecular flexibility index (Phi) is 7.89. The SMILES string of the molecule is COCCO.COC[C@@H]1CN(C)c2ccc(OC)cc2O1. The van der Waals surface area contributed by atoms with Crippen molar-refractivity contribution >= 4 is 5.69 Å². The van der Waals surface area contributed by atoms with Crippen LogP contribution >= 0.6 is 0 Å². The number of fused-ring (bicyclic) bond motifs is 1. The first-order valence-corrected chi connectivity index (χ1v) is 6.80. The highest BCUT2D eigenvalue weighted by atomic mass is 16.5. The molecule has 0 saturated heterocycles. The zero-order valence-electron chi connectivity index (χ0n) is 13.2. The van der Waals surface area contributed by atoms with E-state index in [1.807, 2.05) is 18.2 Å². The molecule has 1 atom stereocenters. The summed E-state index contributed by atoms with van der Waals surface area (Å²) in [5.74, 6) is 1.67. The number of aliphatic hydroxyl groups excluding tert-OH is 1. The van der Waals surface area contributed by atoms with Crippen LogP contribution in [0.15, 0.2) is 18.2 Å². The van der Waals surface area contributed by atoms with E-state index < -0.39 is 0 Å². The van der Waals surface area contributed by atoms with Gasteiger partial charge in [-0.25, -0.2) is 0 Å². The molecule has 0 saturated carbocycles. The summed E-state index contributed by atoms with van der Waals surface area (Å²) in [7, 11) is 6.94. The van der Waals surface area contributed by atoms with E-state index in [4.69, 9.17) is 19.3 Å². The number of benzene rings is 1. The van der Waals surface area contributed by atoms with Gasteiger partial charge in [-0.05, 0) is 12.1 Å². The van der Waals surface area contributed by atoms with Crippen LogP contribution < -0.4 is 14.4 Å². The molecule has 6 heteroatoms. The van der Waals surface area contributed by atoms with E-state index in [0.717, 1.165) is 23.7 Å². The predicted molar refractivity (Wildman–Crippen MR) is 81.5 cm³/mol. The minimum atomic E-state index is 0.0783. The third-order valence-electron chi connectivity index (χ3n) is 3.00. The molecule has 0 radical (unpaired) electrons. The van der Waals surface area contributed by atoms with Gasteiger partial charge in [-0.1, -0.05) is 0 Å². The number of anilines is 1. The zero-order chi connectivity index (χ0) is 15.7. The third-order valence-corrected chi connectivity index (χ3v) is 3.00. The smallest absolute Gasteiger partial charge is 0.146 e. The Hall–Kier alpha value is -1.50. The van der Waals surface area contributed by atoms with Crippen molar-refractivity contribution in [1.29, 1.82) is 0 Å². The van der Waals surface area contributed by atoms with Crippen LogP contribution in [0.3, 0.4) is 0 Å². The summed E-state index contributed by atoms with van der Waals surface area (Å²) in [6, 6.07) is 5.86. The molecule has 1 N–H and O–H groups in total. The van der Waals surface area contributed by atoms with Crippen molar-refractivity contribution in [3.63, 3.8) is 0 Å². The number of likely N-dealkylation sites (N-methyl/N-ethyl adjacent to an activating group) is 1. The molecule has 0 aliphatic carbocycles. The Morgan fingerprint density at radius 2 is 2.05 bits per heavy atom. The molecule has 21 heavy (non-hydrogen) atoms. The van der Waals surface area contributed by atoms with Crippen molar-refractivity contribution in [2.75, 3.05) is 59.6 Å². The van der Waals surface area contributed by atoms with Crippen molar-refractivity contribution in [2.45, 2.75) is 6.10 Å². The molecule has 0 amide bonds. The van der Waals surface area contributed by atoms with Gasteiger partial charge in [0, 0.05) is 27.3 Å². The molecule has 1 aromatic carbocycles. The Labute approximate surface area is 126 Å². The first-order valence-electron chi connectivity index (χ1n) is 6.80. The summed E-state index contributed by atoms with van der Waals surface area (Å²) in [5, 5.41) is 7.94. The van der Waals surface area contributed by atoms with Crippen LogP contribution in [-0.2, 0) is 9.47 Å². The van der Waals surface area contributed by atoms with Gasteiger partial charge < -0.3 is 29.0 Å². The largest absolute Gasteiger partial charge is 0.497 e. The number of hydrogen-bond acceptors (Lipinski definition) is 6. The number of hydrogen-bond donors (Lipinski definition) is 1. The van der Waals surface area contributed by atoms with Gasteiger partial charge in [-0.15, -0.1) is 0 Å². The molecule has 1 aromatic rings. The van der Waals surface area contributed by atoms with E-state index >= 15 is 0 Å². The second kappa shape index (κ2) is 9.44. The molecule has 0 fully saturated rings. The molecule has 1 heterocycles. The lowest BCUT2D eigenvalue weighted by molar-refractivity contribution is 0.0799. The second-order valence-corrected chi connectivity index (χ2v) is 4.63. The molecule has 6 nitrogen and oxygen atoms in total. The molecular weight excluding hydrogens is 274 g/mol. The van der Waals surface area contributed by atoms with Gasteiger partial charge in [-0.3, -0.25) is 0 Å². The molecule has 2 rings (SSSR count). The van der Waals surface area contributed by atoms with Gasteiger partial charge in [0.05, 0.1) is 39.2 Å². The van der Waals surface area contributed by atoms with Crippen molar-refractivity contribution in [3.8, 4) is 11.5 Å². The van der Waals surface area contributed by atoms with Crippen LogP contribution in [0.25, 0.3) is 0 Å². The molecule has 0 spiro atoms. The van der Waals surface area contributed by atoms with E-state index in [-0.39, 0.29) is 12.7 Å². The zero-order valence-corrected chi connectivity index (χ0v) is 13.2. The van der Waals surface area contributed by atoms with Crippen molar-refractivity contribution < 1.29 is 24.1 Å². The number of ether oxygens (including phenoxy) is 4. The van der Waals surface area contributed by atoms with E-state index in [0.29, 0.717) is 13.2 Å². The summed E-state index contributed by atoms with van der Waals surface area (Å²) < 4.78 is 20.6. The van der Waals surface area contributed by atoms with Gasteiger partial charge in [-0.2, -0.15) is 0 Å². The molecular formula is C15H25NO5. The topological polar surface area (TPSA) is 60.4 Å². The molecule has 1 aliphatic rings. The van der Waals surface area contributed by atoms with Crippen LogP contribution in [-0.4, -0.2) is 66.0 Å². The molecule has 1 aliphatic heterocycles. The number of aliphatic hydroxyl groups is 1. The average Bonchev–Trinajstić information content (AvgIpc) is 2.48. The van der Waals surface area contributed by atoms with E-state index in [9.17, 15) is 0 Å². The Morgan fingerprint density at radius 3 is 2.57 bits per heavy atom. The van der Waals surface area contributed by atoms with Gasteiger partial charge in [0.1, 0.15) is 17.6 Å². The minimum Gasteiger partial charge on any atom is -0.497 e. The van der Waals surface area contributed by atoms with E-state index in [1.54, 1.807) is 21.3 Å². The minimum absolute atomic E-state index is 0.0783. The molecule has 120 valence electrons. The van der Waals surface area contributed by atoms with Crippen LogP contribution in [0.4, 0.5) is 5.69 Å². The fourth-order valence-corrected chi connectivity index (χ4v) is 2.02. The standard InChI is InChI=1S/C12H17NO3.C3H8O2/c1-13-7-10(8-14-2)16-12-6-9(15-3)4-5-11(12)13;1-5-3-2-4/h4-6,10H,7-8H2,1-3H3;4H,2-3H2,1H3/t10-;/m0./s1. The monoisotopic (exact) mass is 299 g/mol. The first kappa shape index (κ1) is 17.6. The summed E-state index contributed by atoms with van der Waals surface area (Å²) in [6.45, 7) is 2.00. The van der Waals surface area contributed by atoms with E-state index in [1.165, 1.54) is 0 Å². The second-order valence-electron chi connectivity index (χ2n) is 4.63. The summed E-state index contributed by atoms with van der Waals surface area (Å²) in [4.78, 5) is 2.17. The summed E-state index contributed by atoms with van der Waals surface area (Å²) in [6.07, 6.45) is 0.0783. The maximum absolute atomic E-state index is 7.94. The highest BCUT2D eigenvalue weighted by Gasteiger charge is 2.23. The Morgan fingerprint density at radius 1 is 1.29 bits per heavy atom. The van der Waals surface area contributed by atoms with Crippen molar-refractivity contribution in [2.24, 2.45) is 0 Å². The van der Waals surface area contributed by atoms with Crippen molar-refractivity contribution in [3.05, 3.63) is 18.2 Å². The summed E-state index contributed by atoms with van der Waals surface area (Å²) >= 11 is 0.